The number of nitrogens with zero attached hydrogens (tertiary/aromatic N) is 1. The van der Waals surface area contributed by atoms with Crippen LogP contribution in [-0.2, 0) is 14.8 Å². The van der Waals surface area contributed by atoms with Crippen molar-refractivity contribution < 1.29 is 13.2 Å². The van der Waals surface area contributed by atoms with Gasteiger partial charge in [0.1, 0.15) is 5.54 Å². The Bertz CT molecular complexity index is 401. The molecular formula is C11H18N2O3S. The van der Waals surface area contributed by atoms with Crippen molar-refractivity contribution in [2.45, 2.75) is 49.3 Å². The van der Waals surface area contributed by atoms with E-state index in [1.54, 1.807) is 0 Å². The molecule has 1 N–H and O–H groups in total. The van der Waals surface area contributed by atoms with Crippen molar-refractivity contribution >= 4 is 10.0 Å². The molecule has 2 fully saturated rings. The average Bonchev–Trinajstić information content (AvgIpc) is 2.79. The first kappa shape index (κ1) is 12.8. The van der Waals surface area contributed by atoms with E-state index < -0.39 is 20.8 Å². The quantitative estimate of drug-likeness (QED) is 0.816. The molecular weight excluding hydrogens is 240 g/mol. The molecule has 1 heterocycles. The van der Waals surface area contributed by atoms with Crippen LogP contribution in [0.2, 0.25) is 0 Å². The van der Waals surface area contributed by atoms with Crippen molar-refractivity contribution in [2.24, 2.45) is 0 Å². The summed E-state index contributed by atoms with van der Waals surface area (Å²) in [7, 11) is -3.39. The average molecular weight is 258 g/mol. The lowest BCUT2D eigenvalue weighted by Gasteiger charge is -2.28. The summed E-state index contributed by atoms with van der Waals surface area (Å²) in [5.41, 5.74) is -0.850. The second kappa shape index (κ2) is 4.92. The number of sulfonamides is 1. The molecule has 0 unspecified atom stereocenters. The molecule has 0 radical (unpaired) electrons. The topological polar surface area (TPSA) is 79.2 Å². The van der Waals surface area contributed by atoms with Crippen molar-refractivity contribution in [3.05, 3.63) is 0 Å². The van der Waals surface area contributed by atoms with Crippen LogP contribution in [0.1, 0.15) is 38.5 Å². The van der Waals surface area contributed by atoms with E-state index in [9.17, 15) is 13.7 Å². The zero-order chi connectivity index (χ0) is 12.4. The first-order valence-corrected chi connectivity index (χ1v) is 7.64. The van der Waals surface area contributed by atoms with Gasteiger partial charge in [0, 0.05) is 13.2 Å². The van der Waals surface area contributed by atoms with Crippen LogP contribution >= 0.6 is 0 Å². The molecule has 0 aromatic heterocycles. The lowest BCUT2D eigenvalue weighted by atomic mass is 10.0. The maximum atomic E-state index is 12.2. The Labute approximate surface area is 102 Å². The van der Waals surface area contributed by atoms with Gasteiger partial charge in [0.25, 0.3) is 0 Å². The minimum atomic E-state index is -3.39. The van der Waals surface area contributed by atoms with Crippen molar-refractivity contribution in [1.29, 1.82) is 5.26 Å². The van der Waals surface area contributed by atoms with Crippen molar-refractivity contribution in [2.75, 3.05) is 13.2 Å². The molecule has 0 aromatic rings. The molecule has 2 rings (SSSR count). The SMILES string of the molecule is N#CC1(NS(=O)(=O)C2CCOCC2)CCCC1. The predicted molar refractivity (Wildman–Crippen MR) is 62.7 cm³/mol. The molecule has 0 spiro atoms. The van der Waals surface area contributed by atoms with Crippen LogP contribution in [-0.4, -0.2) is 32.4 Å². The molecule has 0 aromatic carbocycles. The Kier molecular flexibility index (Phi) is 3.71. The van der Waals surface area contributed by atoms with Gasteiger partial charge in [-0.1, -0.05) is 12.8 Å². The van der Waals surface area contributed by atoms with Gasteiger partial charge in [-0.2, -0.15) is 9.98 Å². The van der Waals surface area contributed by atoms with E-state index in [0.717, 1.165) is 12.8 Å². The Morgan fingerprint density at radius 3 is 2.35 bits per heavy atom. The standard InChI is InChI=1S/C11H18N2O3S/c12-9-11(5-1-2-6-11)13-17(14,15)10-3-7-16-8-4-10/h10,13H,1-8H2. The molecule has 0 atom stereocenters. The molecule has 1 aliphatic carbocycles. The summed E-state index contributed by atoms with van der Waals surface area (Å²) in [5.74, 6) is 0. The van der Waals surface area contributed by atoms with Gasteiger partial charge >= 0.3 is 0 Å². The van der Waals surface area contributed by atoms with Crippen LogP contribution in [0, 0.1) is 11.3 Å². The highest BCUT2D eigenvalue weighted by Gasteiger charge is 2.40. The third-order valence-electron chi connectivity index (χ3n) is 3.62. The van der Waals surface area contributed by atoms with Crippen LogP contribution in [0.4, 0.5) is 0 Å². The third-order valence-corrected chi connectivity index (χ3v) is 5.64. The highest BCUT2D eigenvalue weighted by Crippen LogP contribution is 2.30. The molecule has 17 heavy (non-hydrogen) atoms. The minimum Gasteiger partial charge on any atom is -0.381 e. The summed E-state index contributed by atoms with van der Waals surface area (Å²) >= 11 is 0. The van der Waals surface area contributed by atoms with E-state index in [1.165, 1.54) is 0 Å². The first-order valence-electron chi connectivity index (χ1n) is 6.10. The van der Waals surface area contributed by atoms with Crippen LogP contribution in [0.5, 0.6) is 0 Å². The normalized spacial score (nSPS) is 25.6. The molecule has 5 nitrogen and oxygen atoms in total. The van der Waals surface area contributed by atoms with Gasteiger partial charge in [-0.25, -0.2) is 8.42 Å². The maximum Gasteiger partial charge on any atom is 0.216 e. The van der Waals surface area contributed by atoms with Gasteiger partial charge in [-0.3, -0.25) is 0 Å². The highest BCUT2D eigenvalue weighted by molar-refractivity contribution is 7.90. The van der Waals surface area contributed by atoms with Crippen LogP contribution in [0.3, 0.4) is 0 Å². The maximum absolute atomic E-state index is 12.2. The Morgan fingerprint density at radius 1 is 1.24 bits per heavy atom. The molecule has 0 bridgehead atoms. The minimum absolute atomic E-state index is 0.401. The Morgan fingerprint density at radius 2 is 1.82 bits per heavy atom. The highest BCUT2D eigenvalue weighted by atomic mass is 32.2. The van der Waals surface area contributed by atoms with Crippen molar-refractivity contribution in [1.82, 2.24) is 4.72 Å². The van der Waals surface area contributed by atoms with Crippen LogP contribution < -0.4 is 4.72 Å². The van der Waals surface area contributed by atoms with Crippen molar-refractivity contribution in [3.63, 3.8) is 0 Å². The lowest BCUT2D eigenvalue weighted by molar-refractivity contribution is 0.0980. The molecule has 96 valence electrons. The predicted octanol–water partition coefficient (Wildman–Crippen LogP) is 0.921. The van der Waals surface area contributed by atoms with E-state index in [0.29, 0.717) is 38.9 Å². The van der Waals surface area contributed by atoms with E-state index in [2.05, 4.69) is 10.8 Å². The fraction of sp³-hybridized carbons (Fsp3) is 0.909. The lowest BCUT2D eigenvalue weighted by Crippen LogP contribution is -2.49. The van der Waals surface area contributed by atoms with E-state index in [1.807, 2.05) is 0 Å². The van der Waals surface area contributed by atoms with Gasteiger partial charge in [0.2, 0.25) is 10.0 Å². The van der Waals surface area contributed by atoms with E-state index in [-0.39, 0.29) is 0 Å². The van der Waals surface area contributed by atoms with Crippen LogP contribution in [0.15, 0.2) is 0 Å². The van der Waals surface area contributed by atoms with E-state index in [4.69, 9.17) is 4.74 Å². The monoisotopic (exact) mass is 258 g/mol. The Balaban J connectivity index is 2.08. The fourth-order valence-corrected chi connectivity index (χ4v) is 4.33. The summed E-state index contributed by atoms with van der Waals surface area (Å²) < 4.78 is 32.2. The molecule has 0 amide bonds. The number of nitriles is 1. The fourth-order valence-electron chi connectivity index (χ4n) is 2.56. The number of nitrogens with one attached hydrogen (secondary N) is 1. The number of ether oxygens (including phenoxy) is 1. The summed E-state index contributed by atoms with van der Waals surface area (Å²) in [6, 6.07) is 2.15. The van der Waals surface area contributed by atoms with Gasteiger partial charge < -0.3 is 4.74 Å². The summed E-state index contributed by atoms with van der Waals surface area (Å²) in [5, 5.41) is 8.78. The summed E-state index contributed by atoms with van der Waals surface area (Å²) in [6.45, 7) is 0.982. The second-order valence-electron chi connectivity index (χ2n) is 4.86. The molecule has 1 aliphatic heterocycles. The van der Waals surface area contributed by atoms with E-state index >= 15 is 0 Å². The van der Waals surface area contributed by atoms with Gasteiger partial charge in [0.15, 0.2) is 0 Å². The van der Waals surface area contributed by atoms with Gasteiger partial charge in [0.05, 0.1) is 11.3 Å². The number of hydrogen-bond donors (Lipinski definition) is 1. The third kappa shape index (κ3) is 2.79. The number of hydrogen-bond acceptors (Lipinski definition) is 4. The van der Waals surface area contributed by atoms with Crippen molar-refractivity contribution in [3.8, 4) is 6.07 Å². The first-order chi connectivity index (χ1) is 8.08. The molecule has 2 aliphatic rings. The molecule has 6 heteroatoms. The zero-order valence-corrected chi connectivity index (χ0v) is 10.6. The number of rotatable bonds is 3. The van der Waals surface area contributed by atoms with Crippen LogP contribution in [0.25, 0.3) is 0 Å². The zero-order valence-electron chi connectivity index (χ0n) is 9.81. The summed E-state index contributed by atoms with van der Waals surface area (Å²) in [4.78, 5) is 0. The molecule has 1 saturated carbocycles. The van der Waals surface area contributed by atoms with Gasteiger partial charge in [-0.15, -0.1) is 0 Å². The second-order valence-corrected chi connectivity index (χ2v) is 6.82. The summed E-state index contributed by atoms with van der Waals surface area (Å²) in [6.07, 6.45) is 4.15. The van der Waals surface area contributed by atoms with Gasteiger partial charge in [-0.05, 0) is 25.7 Å². The largest absolute Gasteiger partial charge is 0.381 e. The smallest absolute Gasteiger partial charge is 0.216 e. The molecule has 1 saturated heterocycles. The Hall–Kier alpha value is -0.640.